The third-order valence-corrected chi connectivity index (χ3v) is 5.84. The van der Waals surface area contributed by atoms with Crippen LogP contribution in [-0.2, 0) is 6.42 Å². The van der Waals surface area contributed by atoms with E-state index in [0.29, 0.717) is 22.3 Å². The molecule has 0 amide bonds. The number of hydrogen-bond acceptors (Lipinski definition) is 2. The summed E-state index contributed by atoms with van der Waals surface area (Å²) in [7, 11) is 0. The average Bonchev–Trinajstić information content (AvgIpc) is 2.85. The van der Waals surface area contributed by atoms with Gasteiger partial charge in [-0.25, -0.2) is 4.68 Å². The van der Waals surface area contributed by atoms with E-state index in [4.69, 9.17) is 11.6 Å². The molecule has 1 fully saturated rings. The fraction of sp³-hybridized carbons (Fsp3) is 0.368. The molecule has 2 atom stereocenters. The lowest BCUT2D eigenvalue weighted by molar-refractivity contribution is 0.0951. The Morgan fingerprint density at radius 1 is 1.39 bits per heavy atom. The highest BCUT2D eigenvalue weighted by atomic mass is 35.5. The minimum atomic E-state index is -0.103. The fourth-order valence-corrected chi connectivity index (χ4v) is 4.32. The van der Waals surface area contributed by atoms with E-state index in [-0.39, 0.29) is 5.91 Å². The fourth-order valence-electron chi connectivity index (χ4n) is 4.12. The molecule has 1 heterocycles. The van der Waals surface area contributed by atoms with Crippen LogP contribution in [0, 0.1) is 18.3 Å². The molecule has 2 aliphatic carbocycles. The zero-order chi connectivity index (χ0) is 16.4. The second-order valence-corrected chi connectivity index (χ2v) is 7.57. The number of carbonyl (C=O) groups excluding carboxylic acids is 1. The largest absolute Gasteiger partial charge is 0.271 e. The summed E-state index contributed by atoms with van der Waals surface area (Å²) in [6, 6.07) is 7.49. The third kappa shape index (κ3) is 2.10. The number of benzene rings is 1. The van der Waals surface area contributed by atoms with Crippen LogP contribution >= 0.6 is 11.6 Å². The van der Waals surface area contributed by atoms with Gasteiger partial charge in [0.15, 0.2) is 0 Å². The number of carbonyl (C=O) groups is 1. The summed E-state index contributed by atoms with van der Waals surface area (Å²) in [5.41, 5.74) is 4.61. The van der Waals surface area contributed by atoms with Gasteiger partial charge in [0.1, 0.15) is 0 Å². The van der Waals surface area contributed by atoms with Gasteiger partial charge >= 0.3 is 0 Å². The van der Waals surface area contributed by atoms with Crippen molar-refractivity contribution in [1.29, 1.82) is 0 Å². The van der Waals surface area contributed by atoms with Crippen LogP contribution in [0.4, 0.5) is 0 Å². The predicted octanol–water partition coefficient (Wildman–Crippen LogP) is 4.49. The first-order valence-corrected chi connectivity index (χ1v) is 8.34. The molecule has 3 nitrogen and oxygen atoms in total. The Morgan fingerprint density at radius 3 is 2.87 bits per heavy atom. The van der Waals surface area contributed by atoms with E-state index in [1.54, 1.807) is 16.8 Å². The van der Waals surface area contributed by atoms with Gasteiger partial charge in [0, 0.05) is 16.7 Å². The van der Waals surface area contributed by atoms with Gasteiger partial charge in [-0.15, -0.1) is 0 Å². The van der Waals surface area contributed by atoms with Gasteiger partial charge in [0.05, 0.1) is 11.4 Å². The topological polar surface area (TPSA) is 34.9 Å². The van der Waals surface area contributed by atoms with Crippen LogP contribution in [0.15, 0.2) is 30.3 Å². The maximum absolute atomic E-state index is 12.6. The van der Waals surface area contributed by atoms with Crippen LogP contribution in [0.25, 0.3) is 6.08 Å². The molecule has 118 valence electrons. The average molecular weight is 327 g/mol. The molecule has 2 aliphatic rings. The highest BCUT2D eigenvalue weighted by Crippen LogP contribution is 2.70. The first-order valence-electron chi connectivity index (χ1n) is 7.96. The lowest BCUT2D eigenvalue weighted by atomic mass is 9.98. The van der Waals surface area contributed by atoms with Gasteiger partial charge in [0.25, 0.3) is 5.91 Å². The van der Waals surface area contributed by atoms with E-state index >= 15 is 0 Å². The van der Waals surface area contributed by atoms with Gasteiger partial charge in [-0.3, -0.25) is 4.79 Å². The summed E-state index contributed by atoms with van der Waals surface area (Å²) in [4.78, 5) is 12.6. The summed E-state index contributed by atoms with van der Waals surface area (Å²) < 4.78 is 1.58. The molecule has 4 heteroatoms. The number of nitrogens with zero attached hydrogens (tertiary/aromatic N) is 2. The Morgan fingerprint density at radius 2 is 2.13 bits per heavy atom. The summed E-state index contributed by atoms with van der Waals surface area (Å²) >= 11 is 6.12. The molecule has 0 saturated heterocycles. The Balaban J connectivity index is 1.63. The standard InChI is InChI=1S/C19H19ClN2O/c1-11-17-15(10-13-18(17)19(13,2)3)22(21-11)16(23)9-8-12-6-4-5-7-14(12)20/h4-9,13,18H,10H2,1-3H3/b9-8+/t13-,18-/m1/s1. The second-order valence-electron chi connectivity index (χ2n) is 7.16. The van der Waals surface area contributed by atoms with Gasteiger partial charge < -0.3 is 0 Å². The van der Waals surface area contributed by atoms with Crippen molar-refractivity contribution in [2.75, 3.05) is 0 Å². The van der Waals surface area contributed by atoms with Crippen LogP contribution in [-0.4, -0.2) is 15.7 Å². The molecule has 1 aromatic carbocycles. The number of hydrogen-bond donors (Lipinski definition) is 0. The highest BCUT2D eigenvalue weighted by Gasteiger charge is 2.63. The van der Waals surface area contributed by atoms with Gasteiger partial charge in [-0.2, -0.15) is 5.10 Å². The van der Waals surface area contributed by atoms with Crippen molar-refractivity contribution >= 4 is 23.6 Å². The van der Waals surface area contributed by atoms with Crippen LogP contribution in [0.5, 0.6) is 0 Å². The van der Waals surface area contributed by atoms with Gasteiger partial charge in [0.2, 0.25) is 0 Å². The van der Waals surface area contributed by atoms with E-state index in [0.717, 1.165) is 23.4 Å². The summed E-state index contributed by atoms with van der Waals surface area (Å²) in [5, 5.41) is 5.13. The summed E-state index contributed by atoms with van der Waals surface area (Å²) in [5.74, 6) is 1.14. The number of aryl methyl sites for hydroxylation is 1. The molecular weight excluding hydrogens is 308 g/mol. The number of allylic oxidation sites excluding steroid dienone is 1. The molecule has 2 aromatic rings. The molecule has 0 spiro atoms. The maximum Gasteiger partial charge on any atom is 0.271 e. The normalized spacial score (nSPS) is 23.8. The quantitative estimate of drug-likeness (QED) is 0.762. The molecule has 23 heavy (non-hydrogen) atoms. The minimum absolute atomic E-state index is 0.103. The molecule has 4 rings (SSSR count). The van der Waals surface area contributed by atoms with E-state index < -0.39 is 0 Å². The van der Waals surface area contributed by atoms with Crippen LogP contribution < -0.4 is 0 Å². The second kappa shape index (κ2) is 4.81. The van der Waals surface area contributed by atoms with Crippen molar-refractivity contribution in [2.45, 2.75) is 33.1 Å². The van der Waals surface area contributed by atoms with E-state index in [1.807, 2.05) is 31.2 Å². The molecule has 0 bridgehead atoms. The van der Waals surface area contributed by atoms with Crippen molar-refractivity contribution < 1.29 is 4.79 Å². The van der Waals surface area contributed by atoms with Crippen molar-refractivity contribution in [3.8, 4) is 0 Å². The number of fused-ring (bicyclic) bond motifs is 3. The highest BCUT2D eigenvalue weighted by molar-refractivity contribution is 6.32. The summed E-state index contributed by atoms with van der Waals surface area (Å²) in [6.45, 7) is 6.62. The Hall–Kier alpha value is -1.87. The summed E-state index contributed by atoms with van der Waals surface area (Å²) in [6.07, 6.45) is 4.27. The monoisotopic (exact) mass is 326 g/mol. The van der Waals surface area contributed by atoms with Crippen molar-refractivity contribution in [3.05, 3.63) is 57.9 Å². The number of halogens is 1. The first kappa shape index (κ1) is 14.7. The molecule has 0 aliphatic heterocycles. The minimum Gasteiger partial charge on any atom is -0.267 e. The zero-order valence-electron chi connectivity index (χ0n) is 13.5. The van der Waals surface area contributed by atoms with Crippen LogP contribution in [0.1, 0.15) is 47.1 Å². The van der Waals surface area contributed by atoms with E-state index in [1.165, 1.54) is 5.56 Å². The third-order valence-electron chi connectivity index (χ3n) is 5.50. The zero-order valence-corrected chi connectivity index (χ0v) is 14.3. The van der Waals surface area contributed by atoms with E-state index in [9.17, 15) is 4.79 Å². The lowest BCUT2D eigenvalue weighted by Gasteiger charge is -2.09. The van der Waals surface area contributed by atoms with Gasteiger partial charge in [-0.1, -0.05) is 43.6 Å². The molecular formula is C19H19ClN2O. The van der Waals surface area contributed by atoms with Crippen molar-refractivity contribution in [3.63, 3.8) is 0 Å². The first-order chi connectivity index (χ1) is 10.9. The smallest absolute Gasteiger partial charge is 0.267 e. The maximum atomic E-state index is 12.6. The van der Waals surface area contributed by atoms with E-state index in [2.05, 4.69) is 18.9 Å². The predicted molar refractivity (Wildman–Crippen MR) is 91.8 cm³/mol. The Labute approximate surface area is 141 Å². The molecule has 1 saturated carbocycles. The lowest BCUT2D eigenvalue weighted by Crippen LogP contribution is -2.14. The van der Waals surface area contributed by atoms with Crippen LogP contribution in [0.3, 0.4) is 0 Å². The molecule has 0 unspecified atom stereocenters. The van der Waals surface area contributed by atoms with Crippen molar-refractivity contribution in [1.82, 2.24) is 9.78 Å². The Kier molecular flexibility index (Phi) is 3.08. The Bertz CT molecular complexity index is 847. The number of rotatable bonds is 2. The number of aromatic nitrogens is 2. The SMILES string of the molecule is Cc1nn(C(=O)/C=C/c2ccccc2Cl)c2c1[C@H]1[C@@H](C2)C1(C)C. The molecule has 1 aromatic heterocycles. The molecule has 0 N–H and O–H groups in total. The molecule has 0 radical (unpaired) electrons. The van der Waals surface area contributed by atoms with Gasteiger partial charge in [-0.05, 0) is 48.3 Å². The van der Waals surface area contributed by atoms with Crippen molar-refractivity contribution in [2.24, 2.45) is 11.3 Å². The van der Waals surface area contributed by atoms with Crippen LogP contribution in [0.2, 0.25) is 5.02 Å².